The van der Waals surface area contributed by atoms with Gasteiger partial charge in [0.1, 0.15) is 5.75 Å². The quantitative estimate of drug-likeness (QED) is 0.119. The second-order valence-electron chi connectivity index (χ2n) is 8.25. The first-order chi connectivity index (χ1) is 16.3. The highest BCUT2D eigenvalue weighted by atomic mass is 19.4. The molecule has 0 N–H and O–H groups in total. The van der Waals surface area contributed by atoms with Gasteiger partial charge in [-0.2, -0.15) is 13.2 Å². The lowest BCUT2D eigenvalue weighted by atomic mass is 10.0. The van der Waals surface area contributed by atoms with E-state index in [1.807, 2.05) is 6.07 Å². The summed E-state index contributed by atoms with van der Waals surface area (Å²) in [5.74, 6) is -0.0176. The van der Waals surface area contributed by atoms with Gasteiger partial charge >= 0.3 is 12.1 Å². The molecule has 6 heteroatoms. The van der Waals surface area contributed by atoms with E-state index in [0.29, 0.717) is 17.9 Å². The maximum absolute atomic E-state index is 13.2. The lowest BCUT2D eigenvalue weighted by Crippen LogP contribution is -2.09. The lowest BCUT2D eigenvalue weighted by Gasteiger charge is -2.12. The van der Waals surface area contributed by atoms with Crippen LogP contribution in [0.1, 0.15) is 81.9 Å². The molecule has 0 aromatic heterocycles. The number of carbonyl (C=O) groups is 1. The molecule has 0 spiro atoms. The van der Waals surface area contributed by atoms with E-state index < -0.39 is 17.7 Å². The fraction of sp³-hybridized carbons (Fsp3) is 0.464. The molecule has 0 radical (unpaired) electrons. The van der Waals surface area contributed by atoms with Crippen LogP contribution in [0.5, 0.6) is 5.75 Å². The minimum absolute atomic E-state index is 0.0631. The highest BCUT2D eigenvalue weighted by Gasteiger charge is 2.31. The molecule has 0 unspecified atom stereocenters. The Morgan fingerprint density at radius 1 is 0.882 bits per heavy atom. The maximum atomic E-state index is 13.2. The van der Waals surface area contributed by atoms with Gasteiger partial charge in [-0.3, -0.25) is 0 Å². The van der Waals surface area contributed by atoms with Crippen LogP contribution in [-0.2, 0) is 15.7 Å². The highest BCUT2D eigenvalue weighted by Crippen LogP contribution is 2.32. The van der Waals surface area contributed by atoms with Crippen LogP contribution < -0.4 is 4.74 Å². The topological polar surface area (TPSA) is 35.5 Å². The van der Waals surface area contributed by atoms with Crippen molar-refractivity contribution in [2.75, 3.05) is 13.2 Å². The van der Waals surface area contributed by atoms with Gasteiger partial charge < -0.3 is 9.47 Å². The van der Waals surface area contributed by atoms with Crippen LogP contribution in [0.3, 0.4) is 0 Å². The molecule has 0 saturated heterocycles. The number of rotatable bonds is 14. The van der Waals surface area contributed by atoms with Crippen LogP contribution in [0.4, 0.5) is 13.2 Å². The van der Waals surface area contributed by atoms with Crippen molar-refractivity contribution in [3.8, 4) is 5.75 Å². The summed E-state index contributed by atoms with van der Waals surface area (Å²) >= 11 is 0. The van der Waals surface area contributed by atoms with Crippen molar-refractivity contribution in [2.24, 2.45) is 0 Å². The minimum Gasteiger partial charge on any atom is -0.494 e. The Labute approximate surface area is 201 Å². The third-order valence-electron chi connectivity index (χ3n) is 5.43. The Morgan fingerprint density at radius 2 is 1.56 bits per heavy atom. The summed E-state index contributed by atoms with van der Waals surface area (Å²) in [5, 5.41) is 0. The molecule has 0 atom stereocenters. The lowest BCUT2D eigenvalue weighted by molar-refractivity contribution is -0.138. The van der Waals surface area contributed by atoms with Crippen LogP contribution in [0.2, 0.25) is 0 Å². The zero-order valence-electron chi connectivity index (χ0n) is 20.1. The normalized spacial score (nSPS) is 12.0. The van der Waals surface area contributed by atoms with Crippen molar-refractivity contribution in [3.05, 3.63) is 65.2 Å². The van der Waals surface area contributed by atoms with Crippen LogP contribution in [0, 0.1) is 0 Å². The molecular formula is C28H35F3O3. The molecule has 0 aliphatic rings. The highest BCUT2D eigenvalue weighted by molar-refractivity contribution is 6.21. The first-order valence-corrected chi connectivity index (χ1v) is 12.1. The van der Waals surface area contributed by atoms with Gasteiger partial charge in [0.15, 0.2) is 0 Å². The van der Waals surface area contributed by atoms with E-state index in [9.17, 15) is 18.0 Å². The number of ether oxygens (including phenoxy) is 2. The van der Waals surface area contributed by atoms with Gasteiger partial charge in [-0.25, -0.2) is 4.79 Å². The first kappa shape index (κ1) is 27.5. The largest absolute Gasteiger partial charge is 0.494 e. The number of benzene rings is 2. The summed E-state index contributed by atoms with van der Waals surface area (Å²) in [6.07, 6.45) is 6.74. The number of alkyl halides is 3. The Hall–Kier alpha value is -2.76. The molecule has 2 rings (SSSR count). The van der Waals surface area contributed by atoms with E-state index in [1.165, 1.54) is 56.7 Å². The van der Waals surface area contributed by atoms with E-state index in [0.717, 1.165) is 25.0 Å². The van der Waals surface area contributed by atoms with E-state index in [1.54, 1.807) is 25.1 Å². The monoisotopic (exact) mass is 476 g/mol. The fourth-order valence-electron chi connectivity index (χ4n) is 3.62. The molecule has 0 heterocycles. The van der Waals surface area contributed by atoms with Gasteiger partial charge in [-0.15, -0.1) is 0 Å². The van der Waals surface area contributed by atoms with Gasteiger partial charge in [0.25, 0.3) is 0 Å². The summed E-state index contributed by atoms with van der Waals surface area (Å²) in [6, 6.07) is 11.9. The number of hydrogen-bond donors (Lipinski definition) is 0. The first-order valence-electron chi connectivity index (χ1n) is 12.1. The van der Waals surface area contributed by atoms with E-state index in [-0.39, 0.29) is 17.7 Å². The molecule has 0 fully saturated rings. The van der Waals surface area contributed by atoms with E-state index in [4.69, 9.17) is 9.47 Å². The second-order valence-corrected chi connectivity index (χ2v) is 8.25. The molecule has 0 aliphatic carbocycles. The van der Waals surface area contributed by atoms with Gasteiger partial charge in [-0.1, -0.05) is 76.1 Å². The summed E-state index contributed by atoms with van der Waals surface area (Å²) in [5.41, 5.74) is 0.0447. The third-order valence-corrected chi connectivity index (χ3v) is 5.43. The molecule has 0 saturated carbocycles. The van der Waals surface area contributed by atoms with Crippen molar-refractivity contribution in [2.45, 2.75) is 71.4 Å². The minimum atomic E-state index is -4.50. The molecule has 0 bridgehead atoms. The fourth-order valence-corrected chi connectivity index (χ4v) is 3.62. The van der Waals surface area contributed by atoms with Crippen LogP contribution >= 0.6 is 0 Å². The van der Waals surface area contributed by atoms with E-state index >= 15 is 0 Å². The molecule has 2 aromatic rings. The van der Waals surface area contributed by atoms with Crippen LogP contribution in [-0.4, -0.2) is 19.2 Å². The molecule has 186 valence electrons. The Kier molecular flexibility index (Phi) is 11.7. The molecular weight excluding hydrogens is 441 g/mol. The molecule has 3 nitrogen and oxygen atoms in total. The van der Waals surface area contributed by atoms with Crippen molar-refractivity contribution >= 4 is 17.6 Å². The zero-order chi connectivity index (χ0) is 24.8. The third kappa shape index (κ3) is 9.62. The van der Waals surface area contributed by atoms with Gasteiger partial charge in [0.2, 0.25) is 0 Å². The summed E-state index contributed by atoms with van der Waals surface area (Å²) in [7, 11) is 0. The van der Waals surface area contributed by atoms with Crippen molar-refractivity contribution < 1.29 is 27.4 Å². The number of hydrogen-bond acceptors (Lipinski definition) is 3. The SMILES string of the molecule is CCCCCCCCCCOc1cccc(/C=C(/C(=O)OCC)c2cccc(C(F)(F)F)c2)c1. The van der Waals surface area contributed by atoms with Gasteiger partial charge in [-0.05, 0) is 54.8 Å². The number of halogens is 3. The molecule has 0 aliphatic heterocycles. The Balaban J connectivity index is 2.06. The van der Waals surface area contributed by atoms with Crippen molar-refractivity contribution in [1.82, 2.24) is 0 Å². The maximum Gasteiger partial charge on any atom is 0.416 e. The summed E-state index contributed by atoms with van der Waals surface area (Å²) in [4.78, 5) is 12.5. The average Bonchev–Trinajstić information content (AvgIpc) is 2.81. The standard InChI is InChI=1S/C28H35F3O3/c1-3-5-6-7-8-9-10-11-18-34-25-17-12-14-22(19-25)20-26(27(32)33-4-2)23-15-13-16-24(21-23)28(29,30)31/h12-17,19-21H,3-11,18H2,1-2H3/b26-20+. The van der Waals surface area contributed by atoms with Crippen LogP contribution in [0.15, 0.2) is 48.5 Å². The van der Waals surface area contributed by atoms with E-state index in [2.05, 4.69) is 6.92 Å². The predicted octanol–water partition coefficient (Wildman–Crippen LogP) is 8.33. The van der Waals surface area contributed by atoms with Gasteiger partial charge in [0, 0.05) is 0 Å². The van der Waals surface area contributed by atoms with Crippen molar-refractivity contribution in [3.63, 3.8) is 0 Å². The predicted molar refractivity (Wildman–Crippen MR) is 130 cm³/mol. The van der Waals surface area contributed by atoms with Crippen LogP contribution in [0.25, 0.3) is 11.6 Å². The number of esters is 1. The summed E-state index contributed by atoms with van der Waals surface area (Å²) in [6.45, 7) is 4.59. The molecule has 34 heavy (non-hydrogen) atoms. The Bertz CT molecular complexity index is 919. The zero-order valence-corrected chi connectivity index (χ0v) is 20.1. The summed E-state index contributed by atoms with van der Waals surface area (Å²) < 4.78 is 50.5. The van der Waals surface area contributed by atoms with Crippen molar-refractivity contribution in [1.29, 1.82) is 0 Å². The number of carbonyl (C=O) groups excluding carboxylic acids is 1. The Morgan fingerprint density at radius 3 is 2.24 bits per heavy atom. The average molecular weight is 477 g/mol. The smallest absolute Gasteiger partial charge is 0.416 e. The molecule has 2 aromatic carbocycles. The molecule has 0 amide bonds. The van der Waals surface area contributed by atoms with Gasteiger partial charge in [0.05, 0.1) is 24.4 Å². The number of unbranched alkanes of at least 4 members (excludes halogenated alkanes) is 7. The second kappa shape index (κ2) is 14.5.